The molecule has 2 fully saturated rings. The molecule has 1 aromatic rings. The van der Waals surface area contributed by atoms with Crippen LogP contribution in [0.2, 0.25) is 0 Å². The highest BCUT2D eigenvalue weighted by atomic mass is 16.5. The Kier molecular flexibility index (Phi) is 4.52. The normalized spacial score (nSPS) is 26.1. The molecule has 22 heavy (non-hydrogen) atoms. The Morgan fingerprint density at radius 2 is 2.09 bits per heavy atom. The van der Waals surface area contributed by atoms with Crippen LogP contribution in [0.25, 0.3) is 0 Å². The second-order valence-electron chi connectivity index (χ2n) is 7.33. The number of hydrogen-bond donors (Lipinski definition) is 0. The number of ether oxygens (including phenoxy) is 1. The van der Waals surface area contributed by atoms with E-state index < -0.39 is 0 Å². The van der Waals surface area contributed by atoms with Gasteiger partial charge in [0.2, 0.25) is 5.91 Å². The Bertz CT molecular complexity index is 490. The van der Waals surface area contributed by atoms with E-state index in [1.54, 1.807) is 0 Å². The van der Waals surface area contributed by atoms with Gasteiger partial charge in [0.25, 0.3) is 0 Å². The Labute approximate surface area is 132 Å². The van der Waals surface area contributed by atoms with E-state index in [9.17, 15) is 4.79 Å². The van der Waals surface area contributed by atoms with E-state index in [1.807, 2.05) is 18.7 Å². The predicted octanol–water partition coefficient (Wildman–Crippen LogP) is 2.33. The van der Waals surface area contributed by atoms with Crippen molar-refractivity contribution in [1.29, 1.82) is 0 Å². The fraction of sp³-hybridized carbons (Fsp3) is 0.765. The van der Waals surface area contributed by atoms with Crippen LogP contribution in [0, 0.1) is 11.8 Å². The molecule has 2 aliphatic heterocycles. The Hall–Kier alpha value is -1.36. The standard InChI is InChI=1S/C17H27N3O2/c1-17(2)11-15(5-10-22-17)16(21)20-7-3-14(4-8-20)12-19-9-6-18-13-19/h6,9,13-15H,3-5,7-8,10-12H2,1-2H3/t15-/m0/s1. The maximum atomic E-state index is 12.7. The third-order valence-electron chi connectivity index (χ3n) is 5.00. The molecule has 122 valence electrons. The van der Waals surface area contributed by atoms with Crippen molar-refractivity contribution in [3.05, 3.63) is 18.7 Å². The van der Waals surface area contributed by atoms with E-state index in [-0.39, 0.29) is 11.5 Å². The molecule has 2 aliphatic rings. The molecule has 0 aromatic carbocycles. The number of nitrogens with zero attached hydrogens (tertiary/aromatic N) is 3. The Morgan fingerprint density at radius 3 is 2.73 bits per heavy atom. The van der Waals surface area contributed by atoms with Gasteiger partial charge in [0.1, 0.15) is 0 Å². The first kappa shape index (κ1) is 15.5. The van der Waals surface area contributed by atoms with Gasteiger partial charge in [-0.25, -0.2) is 4.98 Å². The summed E-state index contributed by atoms with van der Waals surface area (Å²) in [5.74, 6) is 1.15. The van der Waals surface area contributed by atoms with Gasteiger partial charge < -0.3 is 14.2 Å². The number of piperidine rings is 1. The number of aromatic nitrogens is 2. The zero-order valence-corrected chi connectivity index (χ0v) is 13.7. The highest BCUT2D eigenvalue weighted by molar-refractivity contribution is 5.79. The first-order valence-corrected chi connectivity index (χ1v) is 8.42. The number of rotatable bonds is 3. The van der Waals surface area contributed by atoms with Crippen LogP contribution in [0.1, 0.15) is 39.5 Å². The fourth-order valence-corrected chi connectivity index (χ4v) is 3.73. The minimum atomic E-state index is -0.154. The van der Waals surface area contributed by atoms with E-state index in [4.69, 9.17) is 4.74 Å². The van der Waals surface area contributed by atoms with Crippen LogP contribution in [0.3, 0.4) is 0 Å². The van der Waals surface area contributed by atoms with Crippen LogP contribution in [0.4, 0.5) is 0 Å². The lowest BCUT2D eigenvalue weighted by Gasteiger charge is -2.39. The molecule has 1 atom stereocenters. The van der Waals surface area contributed by atoms with Gasteiger partial charge in [0, 0.05) is 44.6 Å². The minimum absolute atomic E-state index is 0.147. The number of amides is 1. The summed E-state index contributed by atoms with van der Waals surface area (Å²) in [5, 5.41) is 0. The number of hydrogen-bond acceptors (Lipinski definition) is 3. The summed E-state index contributed by atoms with van der Waals surface area (Å²) in [6, 6.07) is 0. The summed E-state index contributed by atoms with van der Waals surface area (Å²) in [5.41, 5.74) is -0.154. The van der Waals surface area contributed by atoms with Crippen molar-refractivity contribution in [2.45, 2.75) is 51.7 Å². The van der Waals surface area contributed by atoms with E-state index in [0.717, 1.165) is 45.3 Å². The number of likely N-dealkylation sites (tertiary alicyclic amines) is 1. The lowest BCUT2D eigenvalue weighted by Crippen LogP contribution is -2.46. The van der Waals surface area contributed by atoms with Crippen molar-refractivity contribution < 1.29 is 9.53 Å². The third kappa shape index (κ3) is 3.69. The summed E-state index contributed by atoms with van der Waals surface area (Å²) < 4.78 is 7.87. The average Bonchev–Trinajstić information content (AvgIpc) is 2.99. The molecule has 0 saturated carbocycles. The first-order chi connectivity index (χ1) is 10.5. The minimum Gasteiger partial charge on any atom is -0.376 e. The quantitative estimate of drug-likeness (QED) is 0.861. The van der Waals surface area contributed by atoms with Gasteiger partial charge in [0.05, 0.1) is 11.9 Å². The predicted molar refractivity (Wildman–Crippen MR) is 84.3 cm³/mol. The summed E-state index contributed by atoms with van der Waals surface area (Å²) in [6.45, 7) is 7.70. The molecule has 0 unspecified atom stereocenters. The molecule has 0 aliphatic carbocycles. The molecular formula is C17H27N3O2. The number of carbonyl (C=O) groups is 1. The zero-order chi connectivity index (χ0) is 15.6. The topological polar surface area (TPSA) is 47.4 Å². The average molecular weight is 305 g/mol. The van der Waals surface area contributed by atoms with Crippen LogP contribution in [-0.2, 0) is 16.1 Å². The largest absolute Gasteiger partial charge is 0.376 e. The van der Waals surface area contributed by atoms with Crippen LogP contribution < -0.4 is 0 Å². The van der Waals surface area contributed by atoms with Gasteiger partial charge in [-0.15, -0.1) is 0 Å². The Morgan fingerprint density at radius 1 is 1.32 bits per heavy atom. The van der Waals surface area contributed by atoms with Crippen molar-refractivity contribution in [1.82, 2.24) is 14.5 Å². The van der Waals surface area contributed by atoms with Crippen molar-refractivity contribution in [3.63, 3.8) is 0 Å². The lowest BCUT2D eigenvalue weighted by molar-refractivity contribution is -0.146. The van der Waals surface area contributed by atoms with Crippen LogP contribution in [0.5, 0.6) is 0 Å². The highest BCUT2D eigenvalue weighted by Crippen LogP contribution is 2.31. The van der Waals surface area contributed by atoms with Crippen molar-refractivity contribution in [2.75, 3.05) is 19.7 Å². The van der Waals surface area contributed by atoms with Crippen LogP contribution in [-0.4, -0.2) is 45.7 Å². The van der Waals surface area contributed by atoms with Gasteiger partial charge in [-0.05, 0) is 45.4 Å². The summed E-state index contributed by atoms with van der Waals surface area (Å²) >= 11 is 0. The molecule has 5 nitrogen and oxygen atoms in total. The second-order valence-corrected chi connectivity index (χ2v) is 7.33. The molecular weight excluding hydrogens is 278 g/mol. The van der Waals surface area contributed by atoms with Crippen LogP contribution >= 0.6 is 0 Å². The fourth-order valence-electron chi connectivity index (χ4n) is 3.73. The van der Waals surface area contributed by atoms with Gasteiger partial charge in [-0.1, -0.05) is 0 Å². The van der Waals surface area contributed by atoms with Crippen LogP contribution in [0.15, 0.2) is 18.7 Å². The molecule has 1 aromatic heterocycles. The van der Waals surface area contributed by atoms with Gasteiger partial charge >= 0.3 is 0 Å². The molecule has 3 rings (SSSR count). The molecule has 0 bridgehead atoms. The Balaban J connectivity index is 1.49. The maximum Gasteiger partial charge on any atom is 0.225 e. The molecule has 5 heteroatoms. The lowest BCUT2D eigenvalue weighted by atomic mass is 9.86. The number of carbonyl (C=O) groups excluding carboxylic acids is 1. The van der Waals surface area contributed by atoms with Gasteiger partial charge in [-0.3, -0.25) is 4.79 Å². The molecule has 0 spiro atoms. The van der Waals surface area contributed by atoms with Gasteiger partial charge in [-0.2, -0.15) is 0 Å². The van der Waals surface area contributed by atoms with E-state index >= 15 is 0 Å². The van der Waals surface area contributed by atoms with E-state index in [2.05, 4.69) is 28.3 Å². The second kappa shape index (κ2) is 6.41. The third-order valence-corrected chi connectivity index (χ3v) is 5.00. The van der Waals surface area contributed by atoms with Crippen molar-refractivity contribution in [3.8, 4) is 0 Å². The molecule has 2 saturated heterocycles. The first-order valence-electron chi connectivity index (χ1n) is 8.42. The van der Waals surface area contributed by atoms with Crippen molar-refractivity contribution in [2.24, 2.45) is 11.8 Å². The summed E-state index contributed by atoms with van der Waals surface area (Å²) in [4.78, 5) is 18.9. The summed E-state index contributed by atoms with van der Waals surface area (Å²) in [6.07, 6.45) is 9.62. The number of imidazole rings is 1. The molecule has 3 heterocycles. The smallest absolute Gasteiger partial charge is 0.225 e. The molecule has 0 radical (unpaired) electrons. The monoisotopic (exact) mass is 305 g/mol. The highest BCUT2D eigenvalue weighted by Gasteiger charge is 2.35. The zero-order valence-electron chi connectivity index (χ0n) is 13.7. The SMILES string of the molecule is CC1(C)C[C@@H](C(=O)N2CCC(Cn3ccnc3)CC2)CCO1. The van der Waals surface area contributed by atoms with Crippen molar-refractivity contribution >= 4 is 5.91 Å². The van der Waals surface area contributed by atoms with E-state index in [1.165, 1.54) is 0 Å². The molecule has 1 amide bonds. The summed E-state index contributed by atoms with van der Waals surface area (Å²) in [7, 11) is 0. The van der Waals surface area contributed by atoms with Gasteiger partial charge in [0.15, 0.2) is 0 Å². The maximum absolute atomic E-state index is 12.7. The van der Waals surface area contributed by atoms with E-state index in [0.29, 0.717) is 18.4 Å². The molecule has 0 N–H and O–H groups in total.